The van der Waals surface area contributed by atoms with Crippen molar-refractivity contribution in [3.8, 4) is 5.75 Å². The first-order chi connectivity index (χ1) is 17.7. The highest BCUT2D eigenvalue weighted by atomic mass is 19.1. The molecule has 0 saturated heterocycles. The number of likely N-dealkylation sites (N-methyl/N-ethyl adjacent to an activating group) is 1. The molecule has 2 aromatic carbocycles. The highest BCUT2D eigenvalue weighted by Crippen LogP contribution is 2.27. The lowest BCUT2D eigenvalue weighted by atomic mass is 10.0. The standard InChI is InChI=1S/C27H34FN3O6/c1-17-13-31(27(34)20-8-6-7-9-22(20)28)18(2)15-37-23-12-19(29-25(32)16-35-4)10-11-21(23)26(33)30(3)14-24(17)36-5/h6-12,17-18,24H,13-16H2,1-5H3,(H,29,32)/t17-,18+,24-/m1/s1. The van der Waals surface area contributed by atoms with Crippen LogP contribution in [0.4, 0.5) is 10.1 Å². The van der Waals surface area contributed by atoms with Gasteiger partial charge in [0.05, 0.1) is 23.3 Å². The van der Waals surface area contributed by atoms with Gasteiger partial charge in [0, 0.05) is 52.0 Å². The molecule has 0 aromatic heterocycles. The molecule has 0 fully saturated rings. The third kappa shape index (κ3) is 6.84. The van der Waals surface area contributed by atoms with E-state index in [0.29, 0.717) is 11.3 Å². The number of amides is 3. The number of hydrogen-bond donors (Lipinski definition) is 1. The quantitative estimate of drug-likeness (QED) is 0.658. The molecule has 1 aliphatic heterocycles. The van der Waals surface area contributed by atoms with E-state index < -0.39 is 17.8 Å². The van der Waals surface area contributed by atoms with Crippen LogP contribution in [0.15, 0.2) is 42.5 Å². The summed E-state index contributed by atoms with van der Waals surface area (Å²) in [5.74, 6) is -1.61. The Hall–Kier alpha value is -3.50. The minimum Gasteiger partial charge on any atom is -0.491 e. The minimum atomic E-state index is -0.602. The van der Waals surface area contributed by atoms with E-state index in [0.717, 1.165) is 0 Å². The van der Waals surface area contributed by atoms with Gasteiger partial charge in [-0.1, -0.05) is 19.1 Å². The molecule has 0 aliphatic carbocycles. The Morgan fingerprint density at radius 2 is 1.86 bits per heavy atom. The van der Waals surface area contributed by atoms with Crippen molar-refractivity contribution in [3.05, 3.63) is 59.4 Å². The zero-order valence-corrected chi connectivity index (χ0v) is 21.8. The fourth-order valence-electron chi connectivity index (χ4n) is 4.25. The maximum atomic E-state index is 14.5. The second-order valence-electron chi connectivity index (χ2n) is 9.23. The van der Waals surface area contributed by atoms with E-state index in [-0.39, 0.29) is 61.5 Å². The van der Waals surface area contributed by atoms with Gasteiger partial charge in [0.2, 0.25) is 5.91 Å². The average molecular weight is 516 g/mol. The third-order valence-corrected chi connectivity index (χ3v) is 6.37. The van der Waals surface area contributed by atoms with Crippen LogP contribution >= 0.6 is 0 Å². The monoisotopic (exact) mass is 515 g/mol. The number of halogens is 1. The number of ether oxygens (including phenoxy) is 3. The zero-order valence-electron chi connectivity index (χ0n) is 21.8. The summed E-state index contributed by atoms with van der Waals surface area (Å²) < 4.78 is 31.1. The van der Waals surface area contributed by atoms with Crippen LogP contribution in [0.1, 0.15) is 34.6 Å². The number of carbonyl (C=O) groups excluding carboxylic acids is 3. The van der Waals surface area contributed by atoms with Gasteiger partial charge < -0.3 is 29.3 Å². The molecule has 0 radical (unpaired) electrons. The summed E-state index contributed by atoms with van der Waals surface area (Å²) in [6.45, 7) is 4.16. The topological polar surface area (TPSA) is 97.4 Å². The number of methoxy groups -OCH3 is 2. The zero-order chi connectivity index (χ0) is 27.1. The SMILES string of the molecule is COCC(=O)Nc1ccc2c(c1)OC[C@H](C)N(C(=O)c1ccccc1F)C[C@@H](C)[C@H](OC)CN(C)C2=O. The van der Waals surface area contributed by atoms with Crippen molar-refractivity contribution < 1.29 is 33.0 Å². The molecule has 3 atom stereocenters. The van der Waals surface area contributed by atoms with Crippen molar-refractivity contribution in [2.45, 2.75) is 26.0 Å². The van der Waals surface area contributed by atoms with E-state index in [9.17, 15) is 18.8 Å². The summed E-state index contributed by atoms with van der Waals surface area (Å²) in [4.78, 5) is 41.9. The fourth-order valence-corrected chi connectivity index (χ4v) is 4.25. The van der Waals surface area contributed by atoms with Crippen molar-refractivity contribution in [2.24, 2.45) is 5.92 Å². The lowest BCUT2D eigenvalue weighted by Crippen LogP contribution is -2.48. The van der Waals surface area contributed by atoms with Gasteiger partial charge in [0.15, 0.2) is 0 Å². The first kappa shape index (κ1) is 28.1. The molecule has 0 saturated carbocycles. The summed E-state index contributed by atoms with van der Waals surface area (Å²) in [6, 6.07) is 10.1. The number of rotatable bonds is 5. The number of nitrogens with zero attached hydrogens (tertiary/aromatic N) is 2. The Morgan fingerprint density at radius 3 is 2.54 bits per heavy atom. The summed E-state index contributed by atoms with van der Waals surface area (Å²) in [7, 11) is 4.64. The molecule has 9 nitrogen and oxygen atoms in total. The molecule has 10 heteroatoms. The number of nitrogens with one attached hydrogen (secondary N) is 1. The lowest BCUT2D eigenvalue weighted by molar-refractivity contribution is -0.119. The molecule has 200 valence electrons. The molecular formula is C27H34FN3O6. The van der Waals surface area contributed by atoms with Crippen LogP contribution in [-0.4, -0.2) is 87.2 Å². The maximum absolute atomic E-state index is 14.5. The van der Waals surface area contributed by atoms with Crippen molar-refractivity contribution in [1.29, 1.82) is 0 Å². The van der Waals surface area contributed by atoms with E-state index in [1.807, 2.05) is 6.92 Å². The summed E-state index contributed by atoms with van der Waals surface area (Å²) in [5.41, 5.74) is 0.701. The van der Waals surface area contributed by atoms with Crippen molar-refractivity contribution in [3.63, 3.8) is 0 Å². The second-order valence-corrected chi connectivity index (χ2v) is 9.23. The van der Waals surface area contributed by atoms with Gasteiger partial charge in [-0.25, -0.2) is 4.39 Å². The predicted octanol–water partition coefficient (Wildman–Crippen LogP) is 3.06. The summed E-state index contributed by atoms with van der Waals surface area (Å²) in [5, 5.41) is 2.70. The Balaban J connectivity index is 1.99. The van der Waals surface area contributed by atoms with Gasteiger partial charge in [-0.05, 0) is 31.2 Å². The molecule has 0 bridgehead atoms. The molecule has 1 heterocycles. The molecule has 1 aliphatic rings. The van der Waals surface area contributed by atoms with Crippen LogP contribution in [0.2, 0.25) is 0 Å². The first-order valence-electron chi connectivity index (χ1n) is 12.1. The van der Waals surface area contributed by atoms with E-state index >= 15 is 0 Å². The normalized spacial score (nSPS) is 20.8. The van der Waals surface area contributed by atoms with Crippen LogP contribution in [0.5, 0.6) is 5.75 Å². The molecule has 3 amide bonds. The fraction of sp³-hybridized carbons (Fsp3) is 0.444. The van der Waals surface area contributed by atoms with E-state index in [1.165, 1.54) is 30.2 Å². The Bertz CT molecular complexity index is 1130. The molecular weight excluding hydrogens is 481 g/mol. The van der Waals surface area contributed by atoms with E-state index in [4.69, 9.17) is 14.2 Å². The van der Waals surface area contributed by atoms with Gasteiger partial charge in [-0.2, -0.15) is 0 Å². The summed E-state index contributed by atoms with van der Waals surface area (Å²) >= 11 is 0. The van der Waals surface area contributed by atoms with Crippen LogP contribution in [0.3, 0.4) is 0 Å². The van der Waals surface area contributed by atoms with Gasteiger partial charge in [-0.15, -0.1) is 0 Å². The highest BCUT2D eigenvalue weighted by molar-refractivity contribution is 5.98. The number of benzene rings is 2. The van der Waals surface area contributed by atoms with Gasteiger partial charge in [0.25, 0.3) is 11.8 Å². The first-order valence-corrected chi connectivity index (χ1v) is 12.1. The van der Waals surface area contributed by atoms with Crippen LogP contribution in [0, 0.1) is 11.7 Å². The number of hydrogen-bond acceptors (Lipinski definition) is 6. The number of fused-ring (bicyclic) bond motifs is 1. The molecule has 1 N–H and O–H groups in total. The van der Waals surface area contributed by atoms with Crippen molar-refractivity contribution in [2.75, 3.05) is 52.9 Å². The second kappa shape index (κ2) is 12.6. The van der Waals surface area contributed by atoms with Crippen LogP contribution in [0.25, 0.3) is 0 Å². The van der Waals surface area contributed by atoms with Gasteiger partial charge in [-0.3, -0.25) is 14.4 Å². The number of anilines is 1. The highest BCUT2D eigenvalue weighted by Gasteiger charge is 2.31. The molecule has 37 heavy (non-hydrogen) atoms. The van der Waals surface area contributed by atoms with Gasteiger partial charge in [0.1, 0.15) is 24.8 Å². The molecule has 3 rings (SSSR count). The third-order valence-electron chi connectivity index (χ3n) is 6.37. The van der Waals surface area contributed by atoms with Gasteiger partial charge >= 0.3 is 0 Å². The predicted molar refractivity (Wildman–Crippen MR) is 136 cm³/mol. The Labute approximate surface area is 216 Å². The maximum Gasteiger partial charge on any atom is 0.257 e. The number of carbonyl (C=O) groups is 3. The van der Waals surface area contributed by atoms with E-state index in [2.05, 4.69) is 5.32 Å². The lowest BCUT2D eigenvalue weighted by Gasteiger charge is -2.36. The largest absolute Gasteiger partial charge is 0.491 e. The Kier molecular flexibility index (Phi) is 9.60. The summed E-state index contributed by atoms with van der Waals surface area (Å²) in [6.07, 6.45) is -0.381. The molecule has 2 aromatic rings. The van der Waals surface area contributed by atoms with Crippen molar-refractivity contribution in [1.82, 2.24) is 9.80 Å². The Morgan fingerprint density at radius 1 is 1.14 bits per heavy atom. The smallest absolute Gasteiger partial charge is 0.257 e. The average Bonchev–Trinajstić information content (AvgIpc) is 2.87. The van der Waals surface area contributed by atoms with Crippen molar-refractivity contribution >= 4 is 23.4 Å². The van der Waals surface area contributed by atoms with Crippen LogP contribution < -0.4 is 10.1 Å². The van der Waals surface area contributed by atoms with Crippen LogP contribution in [-0.2, 0) is 14.3 Å². The molecule has 0 spiro atoms. The minimum absolute atomic E-state index is 0.0292. The molecule has 0 unspecified atom stereocenters. The van der Waals surface area contributed by atoms with E-state index in [1.54, 1.807) is 50.2 Å².